The van der Waals surface area contributed by atoms with Crippen LogP contribution in [0.3, 0.4) is 0 Å². The van der Waals surface area contributed by atoms with Gasteiger partial charge in [0.25, 0.3) is 0 Å². The quantitative estimate of drug-likeness (QED) is 0.350. The average Bonchev–Trinajstić information content (AvgIpc) is 3.48. The van der Waals surface area contributed by atoms with Crippen LogP contribution in [0, 0.1) is 0 Å². The largest absolute Gasteiger partial charge is 0.335 e. The van der Waals surface area contributed by atoms with Gasteiger partial charge in [0, 0.05) is 42.6 Å². The molecule has 0 bridgehead atoms. The second-order valence-electron chi connectivity index (χ2n) is 7.98. The molecule has 4 heterocycles. The second-order valence-corrected chi connectivity index (χ2v) is 7.98. The highest BCUT2D eigenvalue weighted by Crippen LogP contribution is 2.30. The Morgan fingerprint density at radius 1 is 0.758 bits per heavy atom. The van der Waals surface area contributed by atoms with Gasteiger partial charge in [-0.3, -0.25) is 15.1 Å². The van der Waals surface area contributed by atoms with Gasteiger partial charge in [-0.1, -0.05) is 36.4 Å². The Kier molecular flexibility index (Phi) is 4.86. The number of nitrogens with one attached hydrogen (secondary N) is 3. The van der Waals surface area contributed by atoms with Gasteiger partial charge in [0.2, 0.25) is 0 Å². The summed E-state index contributed by atoms with van der Waals surface area (Å²) in [4.78, 5) is 16.6. The highest BCUT2D eigenvalue weighted by Gasteiger charge is 2.14. The van der Waals surface area contributed by atoms with E-state index in [-0.39, 0.29) is 0 Å². The van der Waals surface area contributed by atoms with Crippen LogP contribution in [0.1, 0.15) is 11.1 Å². The van der Waals surface area contributed by atoms with Crippen LogP contribution in [0.2, 0.25) is 0 Å². The molecule has 7 heteroatoms. The van der Waals surface area contributed by atoms with E-state index in [1.807, 2.05) is 30.6 Å². The van der Waals surface area contributed by atoms with Crippen LogP contribution in [0.25, 0.3) is 44.6 Å². The molecule has 0 atom stereocenters. The van der Waals surface area contributed by atoms with E-state index in [0.717, 1.165) is 63.2 Å². The van der Waals surface area contributed by atoms with Gasteiger partial charge in [-0.25, -0.2) is 4.98 Å². The summed E-state index contributed by atoms with van der Waals surface area (Å²) in [6, 6.07) is 20.7. The number of aromatic nitrogens is 6. The SMILES string of the molecule is c1ccc(CNCc2cncc(-c3ccc4[nH]nc(-c5nc6ccncc6[nH]5)c4c3)c2)cc1. The molecule has 6 rings (SSSR count). The average molecular weight is 432 g/mol. The number of fused-ring (bicyclic) bond motifs is 2. The monoisotopic (exact) mass is 431 g/mol. The van der Waals surface area contributed by atoms with Gasteiger partial charge < -0.3 is 10.3 Å². The van der Waals surface area contributed by atoms with Crippen LogP contribution < -0.4 is 5.32 Å². The third kappa shape index (κ3) is 3.86. The zero-order valence-corrected chi connectivity index (χ0v) is 17.8. The fraction of sp³-hybridized carbons (Fsp3) is 0.0769. The molecule has 0 spiro atoms. The molecule has 3 N–H and O–H groups in total. The number of pyridine rings is 2. The van der Waals surface area contributed by atoms with Crippen LogP contribution in [0.4, 0.5) is 0 Å². The van der Waals surface area contributed by atoms with E-state index in [4.69, 9.17) is 0 Å². The van der Waals surface area contributed by atoms with E-state index in [9.17, 15) is 0 Å². The molecular formula is C26H21N7. The minimum Gasteiger partial charge on any atom is -0.335 e. The van der Waals surface area contributed by atoms with Crippen molar-refractivity contribution in [2.75, 3.05) is 0 Å². The first-order chi connectivity index (χ1) is 16.3. The van der Waals surface area contributed by atoms with Crippen molar-refractivity contribution in [3.05, 3.63) is 96.6 Å². The minimum atomic E-state index is 0.721. The summed E-state index contributed by atoms with van der Waals surface area (Å²) in [6.45, 7) is 1.57. The zero-order valence-electron chi connectivity index (χ0n) is 17.8. The lowest BCUT2D eigenvalue weighted by Gasteiger charge is -2.07. The van der Waals surface area contributed by atoms with Crippen LogP contribution in [-0.2, 0) is 13.1 Å². The van der Waals surface area contributed by atoms with Crippen LogP contribution >= 0.6 is 0 Å². The Morgan fingerprint density at radius 3 is 2.58 bits per heavy atom. The molecule has 33 heavy (non-hydrogen) atoms. The summed E-state index contributed by atoms with van der Waals surface area (Å²) in [5.41, 5.74) is 8.06. The third-order valence-electron chi connectivity index (χ3n) is 5.70. The molecule has 7 nitrogen and oxygen atoms in total. The maximum atomic E-state index is 4.68. The first kappa shape index (κ1) is 19.3. The van der Waals surface area contributed by atoms with E-state index >= 15 is 0 Å². The highest BCUT2D eigenvalue weighted by atomic mass is 15.1. The number of benzene rings is 2. The second kappa shape index (κ2) is 8.29. The smallest absolute Gasteiger partial charge is 0.159 e. The van der Waals surface area contributed by atoms with Crippen molar-refractivity contribution in [1.82, 2.24) is 35.5 Å². The summed E-state index contributed by atoms with van der Waals surface area (Å²) < 4.78 is 0. The lowest BCUT2D eigenvalue weighted by molar-refractivity contribution is 0.691. The number of imidazole rings is 1. The predicted molar refractivity (Wildman–Crippen MR) is 129 cm³/mol. The molecule has 0 aliphatic heterocycles. The number of H-pyrrole nitrogens is 2. The normalized spacial score (nSPS) is 11.4. The van der Waals surface area contributed by atoms with Gasteiger partial charge in [0.15, 0.2) is 5.82 Å². The summed E-state index contributed by atoms with van der Waals surface area (Å²) in [7, 11) is 0. The molecule has 160 valence electrons. The van der Waals surface area contributed by atoms with Gasteiger partial charge in [0.1, 0.15) is 5.69 Å². The first-order valence-electron chi connectivity index (χ1n) is 10.8. The fourth-order valence-corrected chi connectivity index (χ4v) is 4.03. The van der Waals surface area contributed by atoms with Gasteiger partial charge in [-0.15, -0.1) is 0 Å². The Balaban J connectivity index is 1.28. The molecule has 4 aromatic heterocycles. The highest BCUT2D eigenvalue weighted by molar-refractivity contribution is 5.95. The molecule has 0 unspecified atom stereocenters. The summed E-state index contributed by atoms with van der Waals surface area (Å²) >= 11 is 0. The third-order valence-corrected chi connectivity index (χ3v) is 5.70. The zero-order chi connectivity index (χ0) is 22.0. The van der Waals surface area contributed by atoms with Gasteiger partial charge >= 0.3 is 0 Å². The fourth-order valence-electron chi connectivity index (χ4n) is 4.03. The standard InChI is InChI=1S/C26H21N7/c1-2-4-17(5-3-1)12-28-13-18-10-20(15-29-14-18)19-6-7-22-21(11-19)25(33-32-22)26-30-23-8-9-27-16-24(23)31-26/h1-11,14-16,28H,12-13H2,(H,30,31)(H,32,33). The topological polar surface area (TPSA) is 95.2 Å². The number of hydrogen-bond donors (Lipinski definition) is 3. The molecule has 0 aliphatic rings. The maximum absolute atomic E-state index is 4.68. The number of hydrogen-bond acceptors (Lipinski definition) is 5. The first-order valence-corrected chi connectivity index (χ1v) is 10.8. The molecular weight excluding hydrogens is 410 g/mol. The molecule has 0 radical (unpaired) electrons. The van der Waals surface area contributed by atoms with Crippen molar-refractivity contribution in [1.29, 1.82) is 0 Å². The molecule has 2 aromatic carbocycles. The molecule has 0 saturated heterocycles. The van der Waals surface area contributed by atoms with Crippen molar-refractivity contribution < 1.29 is 0 Å². The van der Waals surface area contributed by atoms with Gasteiger partial charge in [-0.2, -0.15) is 5.10 Å². The van der Waals surface area contributed by atoms with E-state index < -0.39 is 0 Å². The Morgan fingerprint density at radius 2 is 1.67 bits per heavy atom. The van der Waals surface area contributed by atoms with Crippen molar-refractivity contribution in [2.45, 2.75) is 13.1 Å². The molecule has 0 fully saturated rings. The van der Waals surface area contributed by atoms with Gasteiger partial charge in [-0.05, 0) is 41.0 Å². The number of nitrogens with zero attached hydrogens (tertiary/aromatic N) is 4. The maximum Gasteiger partial charge on any atom is 0.159 e. The van der Waals surface area contributed by atoms with E-state index in [0.29, 0.717) is 0 Å². The Hall–Kier alpha value is -4.36. The summed E-state index contributed by atoms with van der Waals surface area (Å²) in [5.74, 6) is 0.721. The molecule has 6 aromatic rings. The lowest BCUT2D eigenvalue weighted by atomic mass is 10.0. The van der Waals surface area contributed by atoms with E-state index in [2.05, 4.69) is 77.9 Å². The van der Waals surface area contributed by atoms with Crippen molar-refractivity contribution in [3.8, 4) is 22.6 Å². The predicted octanol–water partition coefficient (Wildman–Crippen LogP) is 4.85. The number of aromatic amines is 2. The molecule has 0 aliphatic carbocycles. The van der Waals surface area contributed by atoms with Gasteiger partial charge in [0.05, 0.1) is 22.7 Å². The van der Waals surface area contributed by atoms with Crippen LogP contribution in [-0.4, -0.2) is 30.1 Å². The Labute approximate surface area is 190 Å². The molecule has 0 amide bonds. The summed E-state index contributed by atoms with van der Waals surface area (Å²) in [6.07, 6.45) is 7.32. The molecule has 0 saturated carbocycles. The summed E-state index contributed by atoms with van der Waals surface area (Å²) in [5, 5.41) is 12.1. The van der Waals surface area contributed by atoms with Crippen LogP contribution in [0.15, 0.2) is 85.5 Å². The lowest BCUT2D eigenvalue weighted by Crippen LogP contribution is -2.12. The minimum absolute atomic E-state index is 0.721. The number of rotatable bonds is 6. The van der Waals surface area contributed by atoms with Crippen molar-refractivity contribution in [2.24, 2.45) is 0 Å². The Bertz CT molecular complexity index is 1520. The van der Waals surface area contributed by atoms with E-state index in [1.165, 1.54) is 5.56 Å². The van der Waals surface area contributed by atoms with Crippen molar-refractivity contribution in [3.63, 3.8) is 0 Å². The van der Waals surface area contributed by atoms with E-state index in [1.54, 1.807) is 12.4 Å². The van der Waals surface area contributed by atoms with Crippen molar-refractivity contribution >= 4 is 21.9 Å². The van der Waals surface area contributed by atoms with Crippen LogP contribution in [0.5, 0.6) is 0 Å².